The van der Waals surface area contributed by atoms with Gasteiger partial charge in [-0.2, -0.15) is 12.6 Å². The van der Waals surface area contributed by atoms with E-state index in [9.17, 15) is 0 Å². The maximum absolute atomic E-state index is 8.88. The summed E-state index contributed by atoms with van der Waals surface area (Å²) in [6.07, 6.45) is 3.78. The van der Waals surface area contributed by atoms with Crippen LogP contribution in [0.25, 0.3) is 0 Å². The van der Waals surface area contributed by atoms with Crippen molar-refractivity contribution in [3.8, 4) is 0 Å². The summed E-state index contributed by atoms with van der Waals surface area (Å²) in [5.74, 6) is 0.917. The molecular formula is C10H21NO2S. The molecule has 0 atom stereocenters. The molecule has 4 heteroatoms. The van der Waals surface area contributed by atoms with Gasteiger partial charge in [0.1, 0.15) is 0 Å². The van der Waals surface area contributed by atoms with E-state index < -0.39 is 0 Å². The minimum atomic E-state index is 0.169. The van der Waals surface area contributed by atoms with Crippen LogP contribution in [0.2, 0.25) is 0 Å². The molecule has 1 aliphatic rings. The smallest absolute Gasteiger partial charge is 0.0558 e. The van der Waals surface area contributed by atoms with Crippen LogP contribution >= 0.6 is 12.6 Å². The Morgan fingerprint density at radius 1 is 1.14 bits per heavy atom. The first-order valence-corrected chi connectivity index (χ1v) is 5.94. The van der Waals surface area contributed by atoms with E-state index in [-0.39, 0.29) is 13.2 Å². The van der Waals surface area contributed by atoms with Gasteiger partial charge in [0.25, 0.3) is 0 Å². The molecule has 0 radical (unpaired) electrons. The average Bonchev–Trinajstić information content (AvgIpc) is 2.12. The van der Waals surface area contributed by atoms with Crippen LogP contribution in [0, 0.1) is 5.41 Å². The van der Waals surface area contributed by atoms with Crippen molar-refractivity contribution in [3.63, 3.8) is 0 Å². The third-order valence-corrected chi connectivity index (χ3v) is 3.81. The van der Waals surface area contributed by atoms with E-state index in [0.717, 1.165) is 12.3 Å². The summed E-state index contributed by atoms with van der Waals surface area (Å²) in [6, 6.07) is 0. The first kappa shape index (κ1) is 12.3. The number of thiol groups is 1. The standard InChI is InChI=1S/C10H21NO2S/c12-6-4-11(5-7-13)8-10(9-14)2-1-3-10/h12-14H,1-9H2. The van der Waals surface area contributed by atoms with E-state index in [1.54, 1.807) is 0 Å². The Kier molecular flexibility index (Phi) is 5.23. The van der Waals surface area contributed by atoms with Crippen LogP contribution in [0.3, 0.4) is 0 Å². The summed E-state index contributed by atoms with van der Waals surface area (Å²) < 4.78 is 0. The van der Waals surface area contributed by atoms with E-state index in [1.807, 2.05) is 0 Å². The Bertz CT molecular complexity index is 151. The summed E-state index contributed by atoms with van der Waals surface area (Å²) in [5, 5.41) is 17.8. The lowest BCUT2D eigenvalue weighted by atomic mass is 9.70. The lowest BCUT2D eigenvalue weighted by Crippen LogP contribution is -2.45. The number of rotatable bonds is 7. The van der Waals surface area contributed by atoms with E-state index in [2.05, 4.69) is 17.5 Å². The van der Waals surface area contributed by atoms with E-state index in [1.165, 1.54) is 19.3 Å². The molecule has 0 spiro atoms. The first-order chi connectivity index (χ1) is 6.76. The van der Waals surface area contributed by atoms with Crippen molar-refractivity contribution >= 4 is 12.6 Å². The predicted molar refractivity (Wildman–Crippen MR) is 60.7 cm³/mol. The minimum Gasteiger partial charge on any atom is -0.395 e. The van der Waals surface area contributed by atoms with Crippen LogP contribution in [0.4, 0.5) is 0 Å². The van der Waals surface area contributed by atoms with Crippen LogP contribution in [0.15, 0.2) is 0 Å². The normalized spacial score (nSPS) is 19.7. The fourth-order valence-electron chi connectivity index (χ4n) is 2.07. The van der Waals surface area contributed by atoms with Crippen LogP contribution in [-0.2, 0) is 0 Å². The van der Waals surface area contributed by atoms with Gasteiger partial charge in [-0.25, -0.2) is 0 Å². The molecule has 0 unspecified atom stereocenters. The summed E-state index contributed by atoms with van der Waals surface area (Å²) in [5.41, 5.74) is 0.355. The van der Waals surface area contributed by atoms with Crippen molar-refractivity contribution in [2.45, 2.75) is 19.3 Å². The van der Waals surface area contributed by atoms with Crippen molar-refractivity contribution in [1.29, 1.82) is 0 Å². The maximum Gasteiger partial charge on any atom is 0.0558 e. The molecule has 0 bridgehead atoms. The van der Waals surface area contributed by atoms with Crippen LogP contribution in [-0.4, -0.2) is 53.7 Å². The van der Waals surface area contributed by atoms with Gasteiger partial charge in [0.15, 0.2) is 0 Å². The van der Waals surface area contributed by atoms with Crippen molar-refractivity contribution in [1.82, 2.24) is 4.90 Å². The molecule has 1 rings (SSSR count). The molecular weight excluding hydrogens is 198 g/mol. The van der Waals surface area contributed by atoms with Crippen molar-refractivity contribution in [2.75, 3.05) is 38.6 Å². The molecule has 2 N–H and O–H groups in total. The first-order valence-electron chi connectivity index (χ1n) is 5.31. The van der Waals surface area contributed by atoms with Gasteiger partial charge in [0.05, 0.1) is 13.2 Å². The van der Waals surface area contributed by atoms with Crippen molar-refractivity contribution in [3.05, 3.63) is 0 Å². The largest absolute Gasteiger partial charge is 0.395 e. The summed E-state index contributed by atoms with van der Waals surface area (Å²) in [7, 11) is 0. The number of aliphatic hydroxyl groups excluding tert-OH is 2. The second-order valence-electron chi connectivity index (χ2n) is 4.24. The Labute approximate surface area is 91.5 Å². The van der Waals surface area contributed by atoms with E-state index in [0.29, 0.717) is 18.5 Å². The zero-order valence-corrected chi connectivity index (χ0v) is 9.55. The van der Waals surface area contributed by atoms with Gasteiger partial charge in [0, 0.05) is 19.6 Å². The fourth-order valence-corrected chi connectivity index (χ4v) is 2.49. The van der Waals surface area contributed by atoms with Gasteiger partial charge < -0.3 is 10.2 Å². The highest BCUT2D eigenvalue weighted by molar-refractivity contribution is 7.80. The number of nitrogens with zero attached hydrogens (tertiary/aromatic N) is 1. The maximum atomic E-state index is 8.88. The van der Waals surface area contributed by atoms with Crippen molar-refractivity contribution < 1.29 is 10.2 Å². The van der Waals surface area contributed by atoms with Crippen LogP contribution in [0.1, 0.15) is 19.3 Å². The van der Waals surface area contributed by atoms with Gasteiger partial charge in [-0.3, -0.25) is 4.90 Å². The molecule has 0 aliphatic heterocycles. The summed E-state index contributed by atoms with van der Waals surface area (Å²) in [4.78, 5) is 2.13. The molecule has 0 heterocycles. The Balaban J connectivity index is 2.36. The average molecular weight is 219 g/mol. The Morgan fingerprint density at radius 2 is 1.71 bits per heavy atom. The quantitative estimate of drug-likeness (QED) is 0.542. The van der Waals surface area contributed by atoms with Gasteiger partial charge >= 0.3 is 0 Å². The van der Waals surface area contributed by atoms with Gasteiger partial charge in [-0.05, 0) is 24.0 Å². The molecule has 0 aromatic rings. The summed E-state index contributed by atoms with van der Waals surface area (Å²) >= 11 is 4.39. The van der Waals surface area contributed by atoms with Gasteiger partial charge in [0.2, 0.25) is 0 Å². The third-order valence-electron chi connectivity index (χ3n) is 3.14. The molecule has 0 aromatic carbocycles. The van der Waals surface area contributed by atoms with Crippen LogP contribution in [0.5, 0.6) is 0 Å². The second-order valence-corrected chi connectivity index (χ2v) is 4.55. The lowest BCUT2D eigenvalue weighted by Gasteiger charge is -2.44. The molecule has 3 nitrogen and oxygen atoms in total. The van der Waals surface area contributed by atoms with Crippen LogP contribution < -0.4 is 0 Å². The Morgan fingerprint density at radius 3 is 2.00 bits per heavy atom. The fraction of sp³-hybridized carbons (Fsp3) is 1.00. The molecule has 14 heavy (non-hydrogen) atoms. The molecule has 0 saturated heterocycles. The topological polar surface area (TPSA) is 43.7 Å². The number of hydrogen-bond acceptors (Lipinski definition) is 4. The molecule has 1 saturated carbocycles. The Hall–Kier alpha value is 0.230. The second kappa shape index (κ2) is 5.95. The summed E-state index contributed by atoms with van der Waals surface area (Å²) in [6.45, 7) is 2.63. The highest BCUT2D eigenvalue weighted by atomic mass is 32.1. The number of hydrogen-bond donors (Lipinski definition) is 3. The molecule has 0 amide bonds. The molecule has 0 aromatic heterocycles. The minimum absolute atomic E-state index is 0.169. The monoisotopic (exact) mass is 219 g/mol. The predicted octanol–water partition coefficient (Wildman–Crippen LogP) is 0.373. The van der Waals surface area contributed by atoms with E-state index >= 15 is 0 Å². The van der Waals surface area contributed by atoms with Gasteiger partial charge in [-0.1, -0.05) is 6.42 Å². The van der Waals surface area contributed by atoms with Gasteiger partial charge in [-0.15, -0.1) is 0 Å². The molecule has 84 valence electrons. The van der Waals surface area contributed by atoms with Crippen molar-refractivity contribution in [2.24, 2.45) is 5.41 Å². The lowest BCUT2D eigenvalue weighted by molar-refractivity contribution is 0.0674. The highest BCUT2D eigenvalue weighted by Crippen LogP contribution is 2.42. The molecule has 1 aliphatic carbocycles. The number of aliphatic hydroxyl groups is 2. The SMILES string of the molecule is OCCN(CCO)CC1(CS)CCC1. The third kappa shape index (κ3) is 3.12. The van der Waals surface area contributed by atoms with E-state index in [4.69, 9.17) is 10.2 Å². The highest BCUT2D eigenvalue weighted by Gasteiger charge is 2.36. The zero-order valence-electron chi connectivity index (χ0n) is 8.65. The molecule has 1 fully saturated rings. The zero-order chi connectivity index (χ0) is 10.4.